The first-order valence-corrected chi connectivity index (χ1v) is 5.94. The van der Waals surface area contributed by atoms with Gasteiger partial charge in [-0.05, 0) is 31.0 Å². The van der Waals surface area contributed by atoms with Crippen LogP contribution in [0.2, 0.25) is 0 Å². The van der Waals surface area contributed by atoms with E-state index in [1.54, 1.807) is 0 Å². The molecule has 0 unspecified atom stereocenters. The fourth-order valence-corrected chi connectivity index (χ4v) is 1.73. The Bertz CT molecular complexity index is 485. The van der Waals surface area contributed by atoms with Crippen LogP contribution < -0.4 is 0 Å². The summed E-state index contributed by atoms with van der Waals surface area (Å²) in [5, 5.41) is 0. The Morgan fingerprint density at radius 3 is 2.53 bits per heavy atom. The Morgan fingerprint density at radius 2 is 1.94 bits per heavy atom. The Labute approximate surface area is 102 Å². The molecule has 2 nitrogen and oxygen atoms in total. The first-order valence-electron chi connectivity index (χ1n) is 5.94. The van der Waals surface area contributed by atoms with Crippen LogP contribution in [0.15, 0.2) is 51.9 Å². The van der Waals surface area contributed by atoms with Crippen molar-refractivity contribution in [1.82, 2.24) is 0 Å². The molecule has 0 fully saturated rings. The quantitative estimate of drug-likeness (QED) is 0.720. The maximum atomic E-state index is 5.61. The number of furan rings is 1. The molecule has 1 aromatic carbocycles. The Hall–Kier alpha value is -1.83. The third-order valence-corrected chi connectivity index (χ3v) is 2.68. The SMILES string of the molecule is CC[C@@H](N=Cc1ccccc1)c1ccc(C)o1. The van der Waals surface area contributed by atoms with Crippen LogP contribution in [0.3, 0.4) is 0 Å². The molecule has 0 radical (unpaired) electrons. The topological polar surface area (TPSA) is 25.5 Å². The summed E-state index contributed by atoms with van der Waals surface area (Å²) in [4.78, 5) is 4.58. The van der Waals surface area contributed by atoms with Gasteiger partial charge in [0.25, 0.3) is 0 Å². The van der Waals surface area contributed by atoms with Crippen molar-refractivity contribution in [2.45, 2.75) is 26.3 Å². The monoisotopic (exact) mass is 227 g/mol. The summed E-state index contributed by atoms with van der Waals surface area (Å²) in [5.74, 6) is 1.88. The lowest BCUT2D eigenvalue weighted by Crippen LogP contribution is -1.92. The summed E-state index contributed by atoms with van der Waals surface area (Å²) in [6, 6.07) is 14.2. The van der Waals surface area contributed by atoms with E-state index >= 15 is 0 Å². The average Bonchev–Trinajstić information content (AvgIpc) is 2.78. The van der Waals surface area contributed by atoms with Crippen molar-refractivity contribution >= 4 is 6.21 Å². The van der Waals surface area contributed by atoms with Gasteiger partial charge >= 0.3 is 0 Å². The van der Waals surface area contributed by atoms with Crippen molar-refractivity contribution in [2.75, 3.05) is 0 Å². The van der Waals surface area contributed by atoms with Crippen LogP contribution in [0, 0.1) is 6.92 Å². The van der Waals surface area contributed by atoms with Crippen LogP contribution in [0.4, 0.5) is 0 Å². The molecule has 0 saturated heterocycles. The lowest BCUT2D eigenvalue weighted by molar-refractivity contribution is 0.443. The highest BCUT2D eigenvalue weighted by atomic mass is 16.3. The molecule has 0 aliphatic rings. The first-order chi connectivity index (χ1) is 8.29. The lowest BCUT2D eigenvalue weighted by Gasteiger charge is -2.05. The number of rotatable bonds is 4. The molecule has 2 heteroatoms. The molecule has 2 rings (SSSR count). The molecule has 0 aliphatic carbocycles. The number of aryl methyl sites for hydroxylation is 1. The van der Waals surface area contributed by atoms with E-state index in [0.29, 0.717) is 0 Å². The van der Waals surface area contributed by atoms with Gasteiger partial charge in [0.15, 0.2) is 0 Å². The Balaban J connectivity index is 2.13. The van der Waals surface area contributed by atoms with Gasteiger partial charge in [-0.25, -0.2) is 0 Å². The second kappa shape index (κ2) is 5.48. The molecule has 1 aromatic heterocycles. The summed E-state index contributed by atoms with van der Waals surface area (Å²) >= 11 is 0. The van der Waals surface area contributed by atoms with Gasteiger partial charge in [-0.15, -0.1) is 0 Å². The minimum atomic E-state index is 0.115. The highest BCUT2D eigenvalue weighted by Crippen LogP contribution is 2.22. The number of benzene rings is 1. The smallest absolute Gasteiger partial charge is 0.128 e. The molecule has 0 bridgehead atoms. The number of hydrogen-bond acceptors (Lipinski definition) is 2. The standard InChI is InChI=1S/C15H17NO/c1-3-14(15-10-9-12(2)17-15)16-11-13-7-5-4-6-8-13/h4-11,14H,3H2,1-2H3/t14-/m1/s1. The van der Waals surface area contributed by atoms with Crippen molar-refractivity contribution in [3.63, 3.8) is 0 Å². The van der Waals surface area contributed by atoms with Crippen LogP contribution >= 0.6 is 0 Å². The van der Waals surface area contributed by atoms with E-state index in [4.69, 9.17) is 4.42 Å². The fraction of sp³-hybridized carbons (Fsp3) is 0.267. The van der Waals surface area contributed by atoms with E-state index in [9.17, 15) is 0 Å². The largest absolute Gasteiger partial charge is 0.464 e. The summed E-state index contributed by atoms with van der Waals surface area (Å²) in [6.07, 6.45) is 2.85. The van der Waals surface area contributed by atoms with Crippen LogP contribution in [0.25, 0.3) is 0 Å². The van der Waals surface area contributed by atoms with Gasteiger partial charge < -0.3 is 4.42 Å². The molecule has 0 amide bonds. The van der Waals surface area contributed by atoms with Gasteiger partial charge in [0.1, 0.15) is 17.6 Å². The summed E-state index contributed by atoms with van der Waals surface area (Å²) < 4.78 is 5.61. The predicted octanol–water partition coefficient (Wildman–Crippen LogP) is 4.16. The number of aliphatic imine (C=N–C) groups is 1. The molecule has 2 aromatic rings. The van der Waals surface area contributed by atoms with Crippen molar-refractivity contribution in [1.29, 1.82) is 0 Å². The molecule has 17 heavy (non-hydrogen) atoms. The zero-order valence-electron chi connectivity index (χ0n) is 10.3. The molecule has 1 atom stereocenters. The molecule has 88 valence electrons. The maximum absolute atomic E-state index is 5.61. The average molecular weight is 227 g/mol. The zero-order chi connectivity index (χ0) is 12.1. The zero-order valence-corrected chi connectivity index (χ0v) is 10.3. The molecule has 0 saturated carbocycles. The highest BCUT2D eigenvalue weighted by Gasteiger charge is 2.10. The normalized spacial score (nSPS) is 13.1. The Kier molecular flexibility index (Phi) is 3.76. The summed E-state index contributed by atoms with van der Waals surface area (Å²) in [5.41, 5.74) is 1.12. The van der Waals surface area contributed by atoms with Gasteiger partial charge in [-0.1, -0.05) is 37.3 Å². The minimum absolute atomic E-state index is 0.115. The molecule has 0 aliphatic heterocycles. The van der Waals surface area contributed by atoms with E-state index in [0.717, 1.165) is 23.5 Å². The predicted molar refractivity (Wildman–Crippen MR) is 70.5 cm³/mol. The molecular weight excluding hydrogens is 210 g/mol. The molecule has 0 N–H and O–H groups in total. The van der Waals surface area contributed by atoms with Gasteiger partial charge in [0, 0.05) is 6.21 Å². The molecular formula is C15H17NO. The third kappa shape index (κ3) is 3.06. The van der Waals surface area contributed by atoms with Crippen molar-refractivity contribution in [3.8, 4) is 0 Å². The van der Waals surface area contributed by atoms with Gasteiger partial charge in [-0.3, -0.25) is 4.99 Å². The van der Waals surface area contributed by atoms with Gasteiger partial charge in [0.05, 0.1) is 0 Å². The number of hydrogen-bond donors (Lipinski definition) is 0. The van der Waals surface area contributed by atoms with Gasteiger partial charge in [-0.2, -0.15) is 0 Å². The molecule has 1 heterocycles. The highest BCUT2D eigenvalue weighted by molar-refractivity contribution is 5.79. The summed E-state index contributed by atoms with van der Waals surface area (Å²) in [7, 11) is 0. The van der Waals surface area contributed by atoms with Crippen LogP contribution in [0.5, 0.6) is 0 Å². The lowest BCUT2D eigenvalue weighted by atomic mass is 10.2. The van der Waals surface area contributed by atoms with E-state index in [-0.39, 0.29) is 6.04 Å². The summed E-state index contributed by atoms with van der Waals surface area (Å²) in [6.45, 7) is 4.07. The first kappa shape index (κ1) is 11.6. The maximum Gasteiger partial charge on any atom is 0.128 e. The second-order valence-electron chi connectivity index (χ2n) is 4.06. The van der Waals surface area contributed by atoms with E-state index < -0.39 is 0 Å². The van der Waals surface area contributed by atoms with E-state index in [1.165, 1.54) is 0 Å². The van der Waals surface area contributed by atoms with Crippen LogP contribution in [-0.2, 0) is 0 Å². The fourth-order valence-electron chi connectivity index (χ4n) is 1.73. The minimum Gasteiger partial charge on any atom is -0.464 e. The Morgan fingerprint density at radius 1 is 1.18 bits per heavy atom. The van der Waals surface area contributed by atoms with Crippen molar-refractivity contribution in [2.24, 2.45) is 4.99 Å². The van der Waals surface area contributed by atoms with Crippen LogP contribution in [0.1, 0.15) is 36.5 Å². The van der Waals surface area contributed by atoms with E-state index in [2.05, 4.69) is 11.9 Å². The second-order valence-corrected chi connectivity index (χ2v) is 4.06. The number of nitrogens with zero attached hydrogens (tertiary/aromatic N) is 1. The van der Waals surface area contributed by atoms with Crippen molar-refractivity contribution in [3.05, 3.63) is 59.5 Å². The third-order valence-electron chi connectivity index (χ3n) is 2.68. The van der Waals surface area contributed by atoms with Crippen LogP contribution in [-0.4, -0.2) is 6.21 Å². The van der Waals surface area contributed by atoms with Gasteiger partial charge in [0.2, 0.25) is 0 Å². The molecule has 0 spiro atoms. The van der Waals surface area contributed by atoms with E-state index in [1.807, 2.05) is 55.6 Å². The van der Waals surface area contributed by atoms with Crippen molar-refractivity contribution < 1.29 is 4.42 Å².